The lowest BCUT2D eigenvalue weighted by atomic mass is 10.3. The lowest BCUT2D eigenvalue weighted by Gasteiger charge is -2.20. The van der Waals surface area contributed by atoms with Crippen LogP contribution in [0.25, 0.3) is 0 Å². The van der Waals surface area contributed by atoms with Crippen molar-refractivity contribution >= 4 is 11.8 Å². The first-order valence-corrected chi connectivity index (χ1v) is 5.15. The number of amides is 2. The molecule has 2 amide bonds. The zero-order valence-corrected chi connectivity index (χ0v) is 9.87. The number of carbonyl (C=O) groups is 2. The standard InChI is InChI=1S/C10H20N2O3/c1-5-12(4)10(14)8(3)11-9(13)7-15-6-2/h8H,5-7H2,1-4H3,(H,11,13). The van der Waals surface area contributed by atoms with Gasteiger partial charge in [0.15, 0.2) is 0 Å². The third-order valence-electron chi connectivity index (χ3n) is 2.04. The fourth-order valence-corrected chi connectivity index (χ4v) is 1.03. The van der Waals surface area contributed by atoms with Gasteiger partial charge in [0.05, 0.1) is 0 Å². The van der Waals surface area contributed by atoms with Crippen molar-refractivity contribution in [2.24, 2.45) is 0 Å². The molecule has 15 heavy (non-hydrogen) atoms. The van der Waals surface area contributed by atoms with Gasteiger partial charge in [0.25, 0.3) is 0 Å². The van der Waals surface area contributed by atoms with Gasteiger partial charge in [-0.05, 0) is 20.8 Å². The summed E-state index contributed by atoms with van der Waals surface area (Å²) in [7, 11) is 1.70. The van der Waals surface area contributed by atoms with Gasteiger partial charge in [0.2, 0.25) is 11.8 Å². The topological polar surface area (TPSA) is 58.6 Å². The summed E-state index contributed by atoms with van der Waals surface area (Å²) in [4.78, 5) is 24.3. The van der Waals surface area contributed by atoms with Crippen LogP contribution in [0.2, 0.25) is 0 Å². The lowest BCUT2D eigenvalue weighted by molar-refractivity contribution is -0.136. The van der Waals surface area contributed by atoms with Crippen molar-refractivity contribution in [3.8, 4) is 0 Å². The number of nitrogens with one attached hydrogen (secondary N) is 1. The van der Waals surface area contributed by atoms with Crippen LogP contribution in [0.5, 0.6) is 0 Å². The summed E-state index contributed by atoms with van der Waals surface area (Å²) >= 11 is 0. The van der Waals surface area contributed by atoms with E-state index in [-0.39, 0.29) is 18.4 Å². The maximum absolute atomic E-state index is 11.6. The number of rotatable bonds is 6. The van der Waals surface area contributed by atoms with Crippen LogP contribution in [0.4, 0.5) is 0 Å². The monoisotopic (exact) mass is 216 g/mol. The van der Waals surface area contributed by atoms with Crippen molar-refractivity contribution < 1.29 is 14.3 Å². The largest absolute Gasteiger partial charge is 0.372 e. The molecule has 0 radical (unpaired) electrons. The highest BCUT2D eigenvalue weighted by atomic mass is 16.5. The van der Waals surface area contributed by atoms with Gasteiger partial charge in [-0.15, -0.1) is 0 Å². The zero-order valence-electron chi connectivity index (χ0n) is 9.87. The van der Waals surface area contributed by atoms with Crippen LogP contribution in [0.3, 0.4) is 0 Å². The van der Waals surface area contributed by atoms with Crippen molar-refractivity contribution in [2.75, 3.05) is 26.8 Å². The highest BCUT2D eigenvalue weighted by Crippen LogP contribution is 1.91. The average Bonchev–Trinajstić information content (AvgIpc) is 2.23. The van der Waals surface area contributed by atoms with Gasteiger partial charge in [-0.2, -0.15) is 0 Å². The van der Waals surface area contributed by atoms with Gasteiger partial charge in [0.1, 0.15) is 12.6 Å². The summed E-state index contributed by atoms with van der Waals surface area (Å²) in [5.41, 5.74) is 0. The molecule has 0 aromatic heterocycles. The Morgan fingerprint density at radius 1 is 1.40 bits per heavy atom. The van der Waals surface area contributed by atoms with E-state index in [0.29, 0.717) is 13.2 Å². The summed E-state index contributed by atoms with van der Waals surface area (Å²) in [6, 6.07) is -0.497. The van der Waals surface area contributed by atoms with E-state index < -0.39 is 6.04 Å². The summed E-state index contributed by atoms with van der Waals surface area (Å²) in [5.74, 6) is -0.357. The van der Waals surface area contributed by atoms with E-state index in [1.807, 2.05) is 13.8 Å². The van der Waals surface area contributed by atoms with Gasteiger partial charge in [-0.25, -0.2) is 0 Å². The number of carbonyl (C=O) groups excluding carboxylic acids is 2. The Bertz CT molecular complexity index is 219. The molecule has 5 heteroatoms. The maximum atomic E-state index is 11.6. The SMILES string of the molecule is CCOCC(=O)NC(C)C(=O)N(C)CC. The molecule has 0 rings (SSSR count). The summed E-state index contributed by atoms with van der Waals surface area (Å²) in [6.45, 7) is 6.48. The fraction of sp³-hybridized carbons (Fsp3) is 0.800. The second-order valence-corrected chi connectivity index (χ2v) is 3.28. The molecule has 0 aliphatic heterocycles. The molecule has 0 aromatic carbocycles. The molecule has 88 valence electrons. The molecule has 1 atom stereocenters. The van der Waals surface area contributed by atoms with Crippen molar-refractivity contribution in [2.45, 2.75) is 26.8 Å². The summed E-state index contributed by atoms with van der Waals surface area (Å²) < 4.78 is 4.93. The van der Waals surface area contributed by atoms with Gasteiger partial charge < -0.3 is 15.0 Å². The fourth-order valence-electron chi connectivity index (χ4n) is 1.03. The first-order valence-electron chi connectivity index (χ1n) is 5.15. The molecule has 0 aliphatic carbocycles. The molecular weight excluding hydrogens is 196 g/mol. The molecular formula is C10H20N2O3. The highest BCUT2D eigenvalue weighted by molar-refractivity contribution is 5.87. The van der Waals surface area contributed by atoms with Crippen LogP contribution < -0.4 is 5.32 Å². The number of hydrogen-bond donors (Lipinski definition) is 1. The van der Waals surface area contributed by atoms with E-state index in [1.54, 1.807) is 18.9 Å². The van der Waals surface area contributed by atoms with E-state index in [9.17, 15) is 9.59 Å². The predicted molar refractivity (Wildman–Crippen MR) is 57.4 cm³/mol. The van der Waals surface area contributed by atoms with Gasteiger partial charge in [-0.3, -0.25) is 9.59 Å². The molecule has 0 saturated heterocycles. The van der Waals surface area contributed by atoms with Crippen LogP contribution in [0, 0.1) is 0 Å². The maximum Gasteiger partial charge on any atom is 0.246 e. The van der Waals surface area contributed by atoms with E-state index in [4.69, 9.17) is 4.74 Å². The smallest absolute Gasteiger partial charge is 0.246 e. The van der Waals surface area contributed by atoms with E-state index in [0.717, 1.165) is 0 Å². The minimum absolute atomic E-state index is 0.00393. The number of ether oxygens (including phenoxy) is 1. The predicted octanol–water partition coefficient (Wildman–Crippen LogP) is 0.00590. The summed E-state index contributed by atoms with van der Waals surface area (Å²) in [6.07, 6.45) is 0. The zero-order chi connectivity index (χ0) is 11.8. The van der Waals surface area contributed by atoms with Crippen LogP contribution in [0.1, 0.15) is 20.8 Å². The van der Waals surface area contributed by atoms with Crippen LogP contribution in [0.15, 0.2) is 0 Å². The molecule has 1 unspecified atom stereocenters. The Balaban J connectivity index is 3.96. The number of nitrogens with zero attached hydrogens (tertiary/aromatic N) is 1. The molecule has 0 spiro atoms. The van der Waals surface area contributed by atoms with Crippen molar-refractivity contribution in [3.63, 3.8) is 0 Å². The highest BCUT2D eigenvalue weighted by Gasteiger charge is 2.17. The third kappa shape index (κ3) is 5.37. The van der Waals surface area contributed by atoms with Crippen molar-refractivity contribution in [3.05, 3.63) is 0 Å². The normalized spacial score (nSPS) is 12.0. The van der Waals surface area contributed by atoms with Crippen molar-refractivity contribution in [1.29, 1.82) is 0 Å². The first-order chi connectivity index (χ1) is 7.02. The van der Waals surface area contributed by atoms with E-state index >= 15 is 0 Å². The van der Waals surface area contributed by atoms with Gasteiger partial charge >= 0.3 is 0 Å². The van der Waals surface area contributed by atoms with E-state index in [1.165, 1.54) is 0 Å². The Hall–Kier alpha value is -1.10. The van der Waals surface area contributed by atoms with Crippen LogP contribution >= 0.6 is 0 Å². The van der Waals surface area contributed by atoms with Crippen LogP contribution in [-0.4, -0.2) is 49.6 Å². The molecule has 0 aliphatic rings. The molecule has 0 fully saturated rings. The van der Waals surface area contributed by atoms with Gasteiger partial charge in [0, 0.05) is 20.2 Å². The van der Waals surface area contributed by atoms with Crippen molar-refractivity contribution in [1.82, 2.24) is 10.2 Å². The first kappa shape index (κ1) is 13.9. The molecule has 0 aromatic rings. The lowest BCUT2D eigenvalue weighted by Crippen LogP contribution is -2.46. The summed E-state index contributed by atoms with van der Waals surface area (Å²) in [5, 5.41) is 2.57. The Kier molecular flexibility index (Phi) is 6.70. The third-order valence-corrected chi connectivity index (χ3v) is 2.04. The Morgan fingerprint density at radius 2 is 2.00 bits per heavy atom. The molecule has 0 saturated carbocycles. The molecule has 0 heterocycles. The average molecular weight is 216 g/mol. The molecule has 0 bridgehead atoms. The Morgan fingerprint density at radius 3 is 2.47 bits per heavy atom. The van der Waals surface area contributed by atoms with E-state index in [2.05, 4.69) is 5.32 Å². The van der Waals surface area contributed by atoms with Gasteiger partial charge in [-0.1, -0.05) is 0 Å². The minimum Gasteiger partial charge on any atom is -0.372 e. The molecule has 1 N–H and O–H groups in total. The second kappa shape index (κ2) is 7.23. The molecule has 5 nitrogen and oxygen atoms in total. The van der Waals surface area contributed by atoms with Crippen LogP contribution in [-0.2, 0) is 14.3 Å². The number of hydrogen-bond acceptors (Lipinski definition) is 3. The Labute approximate surface area is 90.8 Å². The minimum atomic E-state index is -0.497. The number of likely N-dealkylation sites (N-methyl/N-ethyl adjacent to an activating group) is 1. The second-order valence-electron chi connectivity index (χ2n) is 3.28. The quantitative estimate of drug-likeness (QED) is 0.680.